The van der Waals surface area contributed by atoms with Crippen LogP contribution in [0.4, 0.5) is 4.39 Å². The molecule has 0 saturated carbocycles. The van der Waals surface area contributed by atoms with Gasteiger partial charge in [0.2, 0.25) is 0 Å². The fraction of sp³-hybridized carbons (Fsp3) is 0.0769. The molecule has 0 heterocycles. The molecule has 100 valence electrons. The molecule has 0 aliphatic heterocycles. The summed E-state index contributed by atoms with van der Waals surface area (Å²) in [6, 6.07) is 9.34. The van der Waals surface area contributed by atoms with Gasteiger partial charge in [-0.1, -0.05) is 29.8 Å². The number of phenolic OH excluding ortho intramolecular Hbond substituents is 1. The van der Waals surface area contributed by atoms with Gasteiger partial charge >= 0.3 is 0 Å². The second kappa shape index (κ2) is 5.19. The predicted molar refractivity (Wildman–Crippen MR) is 70.4 cm³/mol. The van der Waals surface area contributed by atoms with Crippen LogP contribution in [0, 0.1) is 5.82 Å². The van der Waals surface area contributed by atoms with Crippen molar-refractivity contribution in [2.45, 2.75) is 10.6 Å². The SMILES string of the molecule is O=S(=O)(Cc1ccc(O)cc1F)c1ccccc1Cl. The van der Waals surface area contributed by atoms with Gasteiger partial charge in [-0.05, 0) is 18.2 Å². The number of hydrogen-bond donors (Lipinski definition) is 1. The summed E-state index contributed by atoms with van der Waals surface area (Å²) in [5, 5.41) is 9.19. The molecule has 0 amide bonds. The van der Waals surface area contributed by atoms with Gasteiger partial charge in [0.1, 0.15) is 11.6 Å². The molecule has 0 radical (unpaired) electrons. The number of hydrogen-bond acceptors (Lipinski definition) is 3. The van der Waals surface area contributed by atoms with Gasteiger partial charge in [-0.2, -0.15) is 0 Å². The van der Waals surface area contributed by atoms with E-state index in [0.29, 0.717) is 0 Å². The zero-order valence-corrected chi connectivity index (χ0v) is 11.2. The second-order valence-corrected chi connectivity index (χ2v) is 6.33. The predicted octanol–water partition coefficient (Wildman–Crippen LogP) is 3.16. The van der Waals surface area contributed by atoms with Crippen LogP contribution in [0.1, 0.15) is 5.56 Å². The van der Waals surface area contributed by atoms with E-state index < -0.39 is 21.4 Å². The van der Waals surface area contributed by atoms with E-state index in [1.165, 1.54) is 24.3 Å². The normalized spacial score (nSPS) is 11.5. The molecule has 2 rings (SSSR count). The average molecular weight is 301 g/mol. The lowest BCUT2D eigenvalue weighted by Crippen LogP contribution is -2.07. The highest BCUT2D eigenvalue weighted by Crippen LogP contribution is 2.26. The summed E-state index contributed by atoms with van der Waals surface area (Å²) in [5.41, 5.74) is -0.0160. The smallest absolute Gasteiger partial charge is 0.184 e. The highest BCUT2D eigenvalue weighted by Gasteiger charge is 2.20. The largest absolute Gasteiger partial charge is 0.508 e. The van der Waals surface area contributed by atoms with Gasteiger partial charge in [0.15, 0.2) is 9.84 Å². The molecule has 2 aromatic rings. The van der Waals surface area contributed by atoms with Crippen molar-refractivity contribution in [2.24, 2.45) is 0 Å². The third-order valence-electron chi connectivity index (χ3n) is 2.55. The maximum atomic E-state index is 13.5. The first-order valence-electron chi connectivity index (χ1n) is 5.35. The summed E-state index contributed by atoms with van der Waals surface area (Å²) >= 11 is 5.83. The molecule has 0 aliphatic carbocycles. The second-order valence-electron chi connectivity index (χ2n) is 3.97. The van der Waals surface area contributed by atoms with Crippen molar-refractivity contribution in [1.29, 1.82) is 0 Å². The van der Waals surface area contributed by atoms with E-state index in [-0.39, 0.29) is 21.2 Å². The van der Waals surface area contributed by atoms with Crippen molar-refractivity contribution in [1.82, 2.24) is 0 Å². The van der Waals surface area contributed by atoms with Crippen LogP contribution in [0.3, 0.4) is 0 Å². The molecule has 0 unspecified atom stereocenters. The van der Waals surface area contributed by atoms with Gasteiger partial charge in [0.05, 0.1) is 15.7 Å². The third kappa shape index (κ3) is 3.05. The summed E-state index contributed by atoms with van der Waals surface area (Å²) in [4.78, 5) is -0.0378. The maximum Gasteiger partial charge on any atom is 0.184 e. The number of rotatable bonds is 3. The van der Waals surface area contributed by atoms with Gasteiger partial charge in [-0.3, -0.25) is 0 Å². The first kappa shape index (κ1) is 13.8. The van der Waals surface area contributed by atoms with Crippen LogP contribution in [-0.4, -0.2) is 13.5 Å². The van der Waals surface area contributed by atoms with E-state index in [0.717, 1.165) is 6.07 Å². The Morgan fingerprint density at radius 2 is 1.84 bits per heavy atom. The summed E-state index contributed by atoms with van der Waals surface area (Å²) < 4.78 is 37.8. The number of halogens is 2. The van der Waals surface area contributed by atoms with Gasteiger partial charge in [0, 0.05) is 11.6 Å². The lowest BCUT2D eigenvalue weighted by Gasteiger charge is -2.07. The molecule has 6 heteroatoms. The van der Waals surface area contributed by atoms with Crippen LogP contribution < -0.4 is 0 Å². The summed E-state index contributed by atoms with van der Waals surface area (Å²) in [5.74, 6) is -1.53. The van der Waals surface area contributed by atoms with Gasteiger partial charge in [-0.15, -0.1) is 0 Å². The number of aromatic hydroxyl groups is 1. The molecule has 3 nitrogen and oxygen atoms in total. The lowest BCUT2D eigenvalue weighted by atomic mass is 10.2. The summed E-state index contributed by atoms with van der Waals surface area (Å²) in [7, 11) is -3.73. The third-order valence-corrected chi connectivity index (χ3v) is 4.71. The molecular weight excluding hydrogens is 291 g/mol. The van der Waals surface area contributed by atoms with E-state index >= 15 is 0 Å². The van der Waals surface area contributed by atoms with Gasteiger partial charge < -0.3 is 5.11 Å². The average Bonchev–Trinajstić information content (AvgIpc) is 2.33. The Labute approximate surface area is 115 Å². The van der Waals surface area contributed by atoms with Crippen molar-refractivity contribution in [3.63, 3.8) is 0 Å². The van der Waals surface area contributed by atoms with E-state index in [9.17, 15) is 12.8 Å². The molecule has 0 fully saturated rings. The number of phenols is 1. The van der Waals surface area contributed by atoms with Gasteiger partial charge in [0.25, 0.3) is 0 Å². The van der Waals surface area contributed by atoms with Crippen LogP contribution in [-0.2, 0) is 15.6 Å². The molecule has 19 heavy (non-hydrogen) atoms. The minimum atomic E-state index is -3.73. The van der Waals surface area contributed by atoms with Crippen molar-refractivity contribution in [3.8, 4) is 5.75 Å². The quantitative estimate of drug-likeness (QED) is 0.947. The Morgan fingerprint density at radius 1 is 1.16 bits per heavy atom. The lowest BCUT2D eigenvalue weighted by molar-refractivity contribution is 0.468. The highest BCUT2D eigenvalue weighted by molar-refractivity contribution is 7.90. The topological polar surface area (TPSA) is 54.4 Å². The zero-order chi connectivity index (χ0) is 14.0. The zero-order valence-electron chi connectivity index (χ0n) is 9.68. The van der Waals surface area contributed by atoms with Crippen molar-refractivity contribution in [2.75, 3.05) is 0 Å². The summed E-state index contributed by atoms with van der Waals surface area (Å²) in [6.45, 7) is 0. The van der Waals surface area contributed by atoms with Crippen LogP contribution in [0.15, 0.2) is 47.4 Å². The Balaban J connectivity index is 2.40. The fourth-order valence-corrected chi connectivity index (χ4v) is 3.57. The van der Waals surface area contributed by atoms with E-state index in [1.807, 2.05) is 0 Å². The number of benzene rings is 2. The van der Waals surface area contributed by atoms with Crippen LogP contribution in [0.2, 0.25) is 5.02 Å². The maximum absolute atomic E-state index is 13.5. The highest BCUT2D eigenvalue weighted by atomic mass is 35.5. The standard InChI is InChI=1S/C13H10ClFO3S/c14-11-3-1-2-4-13(11)19(17,18)8-9-5-6-10(16)7-12(9)15/h1-7,16H,8H2. The van der Waals surface area contributed by atoms with Crippen molar-refractivity contribution in [3.05, 3.63) is 58.9 Å². The molecule has 0 spiro atoms. The van der Waals surface area contributed by atoms with E-state index in [1.54, 1.807) is 12.1 Å². The monoisotopic (exact) mass is 300 g/mol. The summed E-state index contributed by atoms with van der Waals surface area (Å²) in [6.07, 6.45) is 0. The van der Waals surface area contributed by atoms with Crippen molar-refractivity contribution >= 4 is 21.4 Å². The van der Waals surface area contributed by atoms with Crippen LogP contribution >= 0.6 is 11.6 Å². The minimum absolute atomic E-state index is 0.0160. The first-order valence-corrected chi connectivity index (χ1v) is 7.38. The Bertz CT molecular complexity index is 714. The first-order chi connectivity index (χ1) is 8.90. The molecule has 0 saturated heterocycles. The molecule has 0 atom stereocenters. The van der Waals surface area contributed by atoms with Crippen LogP contribution in [0.5, 0.6) is 5.75 Å². The van der Waals surface area contributed by atoms with Gasteiger partial charge in [-0.25, -0.2) is 12.8 Å². The molecule has 1 N–H and O–H groups in total. The van der Waals surface area contributed by atoms with E-state index in [4.69, 9.17) is 16.7 Å². The minimum Gasteiger partial charge on any atom is -0.508 e. The molecule has 2 aromatic carbocycles. The Morgan fingerprint density at radius 3 is 2.47 bits per heavy atom. The number of sulfone groups is 1. The molecular formula is C13H10ClFO3S. The fourth-order valence-electron chi connectivity index (χ4n) is 1.63. The van der Waals surface area contributed by atoms with Crippen molar-refractivity contribution < 1.29 is 17.9 Å². The van der Waals surface area contributed by atoms with Crippen LogP contribution in [0.25, 0.3) is 0 Å². The molecule has 0 bridgehead atoms. The Hall–Kier alpha value is -1.59. The molecule has 0 aliphatic rings. The Kier molecular flexibility index (Phi) is 3.78. The molecule has 0 aromatic heterocycles. The van der Waals surface area contributed by atoms with E-state index in [2.05, 4.69) is 0 Å².